The molecule has 1 aliphatic rings. The fourth-order valence-corrected chi connectivity index (χ4v) is 3.91. The van der Waals surface area contributed by atoms with Crippen molar-refractivity contribution in [3.05, 3.63) is 58.5 Å². The smallest absolute Gasteiger partial charge is 0.271 e. The van der Waals surface area contributed by atoms with Crippen LogP contribution < -0.4 is 5.32 Å². The summed E-state index contributed by atoms with van der Waals surface area (Å²) in [6, 6.07) is 11.2. The summed E-state index contributed by atoms with van der Waals surface area (Å²) < 4.78 is 0. The normalized spacial score (nSPS) is 14.9. The number of rotatable bonds is 5. The highest BCUT2D eigenvalue weighted by atomic mass is 32.1. The summed E-state index contributed by atoms with van der Waals surface area (Å²) in [5.74, 6) is -0.109. The first kappa shape index (κ1) is 18.5. The van der Waals surface area contributed by atoms with Gasteiger partial charge in [0.05, 0.1) is 22.1 Å². The summed E-state index contributed by atoms with van der Waals surface area (Å²) >= 11 is 1.48. The number of fused-ring (bicyclic) bond motifs is 1. The molecule has 8 heteroatoms. The molecular formula is C20H21N5O2S. The van der Waals surface area contributed by atoms with E-state index in [-0.39, 0.29) is 11.8 Å². The highest BCUT2D eigenvalue weighted by Crippen LogP contribution is 2.13. The highest BCUT2D eigenvalue weighted by Gasteiger charge is 2.22. The molecule has 2 aromatic heterocycles. The summed E-state index contributed by atoms with van der Waals surface area (Å²) in [7, 11) is 0. The molecule has 0 aliphatic carbocycles. The number of hydrogen-bond donors (Lipinski definition) is 1. The summed E-state index contributed by atoms with van der Waals surface area (Å²) in [5.41, 5.74) is 1.81. The second-order valence-electron chi connectivity index (χ2n) is 6.61. The van der Waals surface area contributed by atoms with Gasteiger partial charge in [-0.25, -0.2) is 4.98 Å². The molecule has 1 saturated heterocycles. The van der Waals surface area contributed by atoms with Crippen molar-refractivity contribution in [2.45, 2.75) is 0 Å². The third kappa shape index (κ3) is 4.18. The maximum Gasteiger partial charge on any atom is 0.271 e. The minimum atomic E-state index is -0.218. The summed E-state index contributed by atoms with van der Waals surface area (Å²) in [6.07, 6.45) is 1.51. The lowest BCUT2D eigenvalue weighted by Gasteiger charge is -2.34. The van der Waals surface area contributed by atoms with Crippen molar-refractivity contribution >= 4 is 34.2 Å². The third-order valence-electron chi connectivity index (χ3n) is 4.79. The van der Waals surface area contributed by atoms with E-state index in [1.165, 1.54) is 17.5 Å². The van der Waals surface area contributed by atoms with Crippen molar-refractivity contribution < 1.29 is 9.59 Å². The Labute approximate surface area is 167 Å². The van der Waals surface area contributed by atoms with Gasteiger partial charge in [0, 0.05) is 39.3 Å². The lowest BCUT2D eigenvalue weighted by atomic mass is 10.3. The molecule has 1 fully saturated rings. The van der Waals surface area contributed by atoms with Crippen molar-refractivity contribution in [2.24, 2.45) is 0 Å². The summed E-state index contributed by atoms with van der Waals surface area (Å²) in [4.78, 5) is 38.3. The highest BCUT2D eigenvalue weighted by molar-refractivity contribution is 7.12. The Hall–Kier alpha value is -2.84. The minimum absolute atomic E-state index is 0.109. The van der Waals surface area contributed by atoms with Crippen LogP contribution in [0.5, 0.6) is 0 Å². The maximum absolute atomic E-state index is 12.4. The Bertz CT molecular complexity index is 968. The van der Waals surface area contributed by atoms with Gasteiger partial charge >= 0.3 is 0 Å². The van der Waals surface area contributed by atoms with E-state index in [2.05, 4.69) is 20.2 Å². The number of para-hydroxylation sites is 2. The molecule has 1 aliphatic heterocycles. The topological polar surface area (TPSA) is 78.4 Å². The molecule has 0 radical (unpaired) electrons. The predicted octanol–water partition coefficient (Wildman–Crippen LogP) is 1.88. The van der Waals surface area contributed by atoms with E-state index in [0.29, 0.717) is 30.8 Å². The van der Waals surface area contributed by atoms with E-state index in [0.717, 1.165) is 30.0 Å². The SMILES string of the molecule is O=C(NCCN1CCN(C(=O)c2cccs2)CC1)c1cnc2ccccc2n1. The molecule has 0 saturated carbocycles. The Balaban J connectivity index is 1.23. The predicted molar refractivity (Wildman–Crippen MR) is 109 cm³/mol. The van der Waals surface area contributed by atoms with Crippen LogP contribution in [0.1, 0.15) is 20.2 Å². The molecule has 144 valence electrons. The molecule has 0 atom stereocenters. The van der Waals surface area contributed by atoms with Crippen molar-refractivity contribution in [3.63, 3.8) is 0 Å². The lowest BCUT2D eigenvalue weighted by molar-refractivity contribution is 0.0642. The van der Waals surface area contributed by atoms with Crippen LogP contribution in [0.4, 0.5) is 0 Å². The second-order valence-corrected chi connectivity index (χ2v) is 7.56. The van der Waals surface area contributed by atoms with Gasteiger partial charge in [-0.2, -0.15) is 0 Å². The number of nitrogens with zero attached hydrogens (tertiary/aromatic N) is 4. The van der Waals surface area contributed by atoms with E-state index in [1.807, 2.05) is 46.7 Å². The molecule has 0 unspecified atom stereocenters. The van der Waals surface area contributed by atoms with Gasteiger partial charge in [-0.15, -0.1) is 11.3 Å². The molecular weight excluding hydrogens is 374 g/mol. The Morgan fingerprint density at radius 1 is 1.04 bits per heavy atom. The zero-order valence-electron chi connectivity index (χ0n) is 15.4. The maximum atomic E-state index is 12.4. The molecule has 1 aromatic carbocycles. The Kier molecular flexibility index (Phi) is 5.59. The van der Waals surface area contributed by atoms with E-state index in [1.54, 1.807) is 0 Å². The second kappa shape index (κ2) is 8.45. The number of carbonyl (C=O) groups is 2. The zero-order valence-corrected chi connectivity index (χ0v) is 16.2. The van der Waals surface area contributed by atoms with Crippen LogP contribution in [0, 0.1) is 0 Å². The number of aromatic nitrogens is 2. The van der Waals surface area contributed by atoms with E-state index >= 15 is 0 Å². The molecule has 7 nitrogen and oxygen atoms in total. The van der Waals surface area contributed by atoms with Crippen LogP contribution >= 0.6 is 11.3 Å². The molecule has 4 rings (SSSR count). The van der Waals surface area contributed by atoms with Crippen molar-refractivity contribution in [1.29, 1.82) is 0 Å². The zero-order chi connectivity index (χ0) is 19.3. The van der Waals surface area contributed by atoms with E-state index in [4.69, 9.17) is 0 Å². The van der Waals surface area contributed by atoms with Gasteiger partial charge in [-0.05, 0) is 23.6 Å². The average Bonchev–Trinajstić information content (AvgIpc) is 3.28. The Morgan fingerprint density at radius 2 is 1.82 bits per heavy atom. The van der Waals surface area contributed by atoms with Crippen molar-refractivity contribution in [3.8, 4) is 0 Å². The number of piperazine rings is 1. The molecule has 28 heavy (non-hydrogen) atoms. The standard InChI is InChI=1S/C20H21N5O2S/c26-19(17-14-22-15-4-1-2-5-16(15)23-17)21-7-8-24-9-11-25(12-10-24)20(27)18-6-3-13-28-18/h1-6,13-14H,7-12H2,(H,21,26). The van der Waals surface area contributed by atoms with Crippen LogP contribution in [0.25, 0.3) is 11.0 Å². The molecule has 0 bridgehead atoms. The number of hydrogen-bond acceptors (Lipinski definition) is 6. The van der Waals surface area contributed by atoms with Gasteiger partial charge in [-0.1, -0.05) is 18.2 Å². The van der Waals surface area contributed by atoms with Crippen LogP contribution in [0.3, 0.4) is 0 Å². The summed E-state index contributed by atoms with van der Waals surface area (Å²) in [5, 5.41) is 4.83. The fraction of sp³-hybridized carbons (Fsp3) is 0.300. The number of amides is 2. The lowest BCUT2D eigenvalue weighted by Crippen LogP contribution is -2.50. The van der Waals surface area contributed by atoms with Gasteiger partial charge in [0.25, 0.3) is 11.8 Å². The number of carbonyl (C=O) groups excluding carboxylic acids is 2. The van der Waals surface area contributed by atoms with E-state index < -0.39 is 0 Å². The molecule has 0 spiro atoms. The van der Waals surface area contributed by atoms with Crippen LogP contribution in [-0.2, 0) is 0 Å². The van der Waals surface area contributed by atoms with Crippen molar-refractivity contribution in [2.75, 3.05) is 39.3 Å². The van der Waals surface area contributed by atoms with Crippen LogP contribution in [-0.4, -0.2) is 70.9 Å². The molecule has 3 aromatic rings. The van der Waals surface area contributed by atoms with Gasteiger partial charge in [-0.3, -0.25) is 19.5 Å². The van der Waals surface area contributed by atoms with Gasteiger partial charge < -0.3 is 10.2 Å². The molecule has 2 amide bonds. The summed E-state index contributed by atoms with van der Waals surface area (Å²) in [6.45, 7) is 4.31. The first-order valence-corrected chi connectivity index (χ1v) is 10.1. The quantitative estimate of drug-likeness (QED) is 0.714. The Morgan fingerprint density at radius 3 is 2.57 bits per heavy atom. The minimum Gasteiger partial charge on any atom is -0.349 e. The fourth-order valence-electron chi connectivity index (χ4n) is 3.22. The van der Waals surface area contributed by atoms with Gasteiger partial charge in [0.2, 0.25) is 0 Å². The third-order valence-corrected chi connectivity index (χ3v) is 5.64. The first-order valence-electron chi connectivity index (χ1n) is 9.26. The molecule has 1 N–H and O–H groups in total. The number of thiophene rings is 1. The average molecular weight is 395 g/mol. The largest absolute Gasteiger partial charge is 0.349 e. The van der Waals surface area contributed by atoms with Crippen LogP contribution in [0.15, 0.2) is 48.0 Å². The van der Waals surface area contributed by atoms with E-state index in [9.17, 15) is 9.59 Å². The number of benzene rings is 1. The van der Waals surface area contributed by atoms with Crippen LogP contribution in [0.2, 0.25) is 0 Å². The van der Waals surface area contributed by atoms with Gasteiger partial charge in [0.15, 0.2) is 0 Å². The first-order chi connectivity index (χ1) is 13.7. The monoisotopic (exact) mass is 395 g/mol. The van der Waals surface area contributed by atoms with Gasteiger partial charge in [0.1, 0.15) is 5.69 Å². The van der Waals surface area contributed by atoms with Crippen molar-refractivity contribution in [1.82, 2.24) is 25.1 Å². The number of nitrogens with one attached hydrogen (secondary N) is 1. The molecule has 3 heterocycles.